The summed E-state index contributed by atoms with van der Waals surface area (Å²) in [6.07, 6.45) is 0. The summed E-state index contributed by atoms with van der Waals surface area (Å²) in [7, 11) is 1.66. The van der Waals surface area contributed by atoms with Gasteiger partial charge >= 0.3 is 0 Å². The highest BCUT2D eigenvalue weighted by Crippen LogP contribution is 2.23. The number of methoxy groups -OCH3 is 1. The molecule has 88 valence electrons. The molecule has 2 rings (SSSR count). The summed E-state index contributed by atoms with van der Waals surface area (Å²) < 4.78 is 6.18. The minimum absolute atomic E-state index is 0.103. The summed E-state index contributed by atoms with van der Waals surface area (Å²) >= 11 is 3.41. The van der Waals surface area contributed by atoms with Crippen LogP contribution in [0.3, 0.4) is 0 Å². The van der Waals surface area contributed by atoms with E-state index in [4.69, 9.17) is 10.5 Å². The summed E-state index contributed by atoms with van der Waals surface area (Å²) in [5.41, 5.74) is 8.37. The highest BCUT2D eigenvalue weighted by molar-refractivity contribution is 9.10. The van der Waals surface area contributed by atoms with Gasteiger partial charge in [-0.2, -0.15) is 0 Å². The fourth-order valence-corrected chi connectivity index (χ4v) is 1.94. The fraction of sp³-hybridized carbons (Fsp3) is 0.143. The summed E-state index contributed by atoms with van der Waals surface area (Å²) in [6.45, 7) is 0. The largest absolute Gasteiger partial charge is 0.497 e. The fourth-order valence-electron chi connectivity index (χ4n) is 1.67. The van der Waals surface area contributed by atoms with Gasteiger partial charge in [-0.3, -0.25) is 0 Å². The Bertz CT molecular complexity index is 479. The van der Waals surface area contributed by atoms with E-state index in [-0.39, 0.29) is 6.04 Å². The molecular weight excluding hydrogens is 278 g/mol. The lowest BCUT2D eigenvalue weighted by Crippen LogP contribution is -2.11. The molecule has 0 aliphatic carbocycles. The topological polar surface area (TPSA) is 35.2 Å². The third kappa shape index (κ3) is 2.87. The Kier molecular flexibility index (Phi) is 3.82. The van der Waals surface area contributed by atoms with Gasteiger partial charge in [-0.25, -0.2) is 0 Å². The van der Waals surface area contributed by atoms with Gasteiger partial charge in [0.15, 0.2) is 0 Å². The molecule has 0 aliphatic heterocycles. The van der Waals surface area contributed by atoms with Gasteiger partial charge < -0.3 is 10.5 Å². The molecule has 0 fully saturated rings. The normalized spacial score (nSPS) is 12.2. The molecule has 0 aliphatic rings. The van der Waals surface area contributed by atoms with Gasteiger partial charge in [0.05, 0.1) is 13.2 Å². The molecule has 2 aromatic rings. The van der Waals surface area contributed by atoms with Crippen LogP contribution in [0.5, 0.6) is 5.75 Å². The van der Waals surface area contributed by atoms with Crippen LogP contribution in [0.15, 0.2) is 53.0 Å². The lowest BCUT2D eigenvalue weighted by Gasteiger charge is -2.13. The van der Waals surface area contributed by atoms with Crippen molar-refractivity contribution in [2.24, 2.45) is 5.73 Å². The molecule has 0 unspecified atom stereocenters. The molecule has 2 N–H and O–H groups in total. The van der Waals surface area contributed by atoms with Crippen molar-refractivity contribution in [3.63, 3.8) is 0 Å². The van der Waals surface area contributed by atoms with Gasteiger partial charge in [-0.05, 0) is 35.4 Å². The molecule has 1 atom stereocenters. The number of ether oxygens (including phenoxy) is 1. The zero-order valence-electron chi connectivity index (χ0n) is 9.56. The summed E-state index contributed by atoms with van der Waals surface area (Å²) in [5.74, 6) is 0.844. The first-order valence-corrected chi connectivity index (χ1v) is 6.15. The molecule has 0 heterocycles. The average Bonchev–Trinajstić information content (AvgIpc) is 2.39. The van der Waals surface area contributed by atoms with Crippen LogP contribution in [0.25, 0.3) is 0 Å². The van der Waals surface area contributed by atoms with E-state index in [0.29, 0.717) is 0 Å². The summed E-state index contributed by atoms with van der Waals surface area (Å²) in [4.78, 5) is 0. The molecule has 0 aromatic heterocycles. The molecule has 0 amide bonds. The van der Waals surface area contributed by atoms with Gasteiger partial charge in [-0.1, -0.05) is 40.2 Å². The van der Waals surface area contributed by atoms with Crippen LogP contribution < -0.4 is 10.5 Å². The lowest BCUT2D eigenvalue weighted by atomic mass is 10.00. The molecule has 0 spiro atoms. The molecule has 0 bridgehead atoms. The number of rotatable bonds is 3. The zero-order valence-corrected chi connectivity index (χ0v) is 11.1. The highest BCUT2D eigenvalue weighted by Gasteiger charge is 2.08. The Morgan fingerprint density at radius 2 is 1.41 bits per heavy atom. The lowest BCUT2D eigenvalue weighted by molar-refractivity contribution is 0.414. The van der Waals surface area contributed by atoms with Gasteiger partial charge in [0.25, 0.3) is 0 Å². The van der Waals surface area contributed by atoms with E-state index >= 15 is 0 Å². The second kappa shape index (κ2) is 5.34. The Hall–Kier alpha value is -1.32. The van der Waals surface area contributed by atoms with Crippen molar-refractivity contribution in [1.29, 1.82) is 0 Å². The summed E-state index contributed by atoms with van der Waals surface area (Å²) in [5, 5.41) is 0. The van der Waals surface area contributed by atoms with Crippen LogP contribution in [0.2, 0.25) is 0 Å². The van der Waals surface area contributed by atoms with Crippen LogP contribution >= 0.6 is 15.9 Å². The van der Waals surface area contributed by atoms with Crippen LogP contribution in [0.1, 0.15) is 17.2 Å². The molecule has 17 heavy (non-hydrogen) atoms. The van der Waals surface area contributed by atoms with Crippen LogP contribution in [0, 0.1) is 0 Å². The first kappa shape index (κ1) is 12.1. The standard InChI is InChI=1S/C14H14BrNO/c1-17-13-8-4-11(5-9-13)14(16)10-2-6-12(15)7-3-10/h2-9,14H,16H2,1H3/t14-/m1/s1. The first-order valence-electron chi connectivity index (χ1n) is 5.35. The van der Waals surface area contributed by atoms with Crippen molar-refractivity contribution in [2.45, 2.75) is 6.04 Å². The third-order valence-corrected chi connectivity index (χ3v) is 3.23. The van der Waals surface area contributed by atoms with Gasteiger partial charge in [0.2, 0.25) is 0 Å². The first-order chi connectivity index (χ1) is 8.20. The highest BCUT2D eigenvalue weighted by atomic mass is 79.9. The molecular formula is C14H14BrNO. The Labute approximate surface area is 110 Å². The predicted octanol–water partition coefficient (Wildman–Crippen LogP) is 3.51. The maximum atomic E-state index is 6.20. The van der Waals surface area contributed by atoms with E-state index in [0.717, 1.165) is 21.3 Å². The van der Waals surface area contributed by atoms with E-state index in [9.17, 15) is 0 Å². The SMILES string of the molecule is COc1ccc([C@H](N)c2ccc(Br)cc2)cc1. The number of halogens is 1. The van der Waals surface area contributed by atoms with E-state index < -0.39 is 0 Å². The minimum Gasteiger partial charge on any atom is -0.497 e. The molecule has 3 heteroatoms. The Morgan fingerprint density at radius 3 is 1.88 bits per heavy atom. The second-order valence-electron chi connectivity index (χ2n) is 3.80. The van der Waals surface area contributed by atoms with E-state index in [1.165, 1.54) is 0 Å². The van der Waals surface area contributed by atoms with Gasteiger partial charge in [0, 0.05) is 4.47 Å². The van der Waals surface area contributed by atoms with Gasteiger partial charge in [-0.15, -0.1) is 0 Å². The molecule has 2 aromatic carbocycles. The van der Waals surface area contributed by atoms with E-state index in [1.807, 2.05) is 48.5 Å². The molecule has 0 saturated carbocycles. The summed E-state index contributed by atoms with van der Waals surface area (Å²) in [6, 6.07) is 15.8. The second-order valence-corrected chi connectivity index (χ2v) is 4.72. The molecule has 2 nitrogen and oxygen atoms in total. The minimum atomic E-state index is -0.103. The Morgan fingerprint density at radius 1 is 0.941 bits per heavy atom. The van der Waals surface area contributed by atoms with Gasteiger partial charge in [0.1, 0.15) is 5.75 Å². The maximum Gasteiger partial charge on any atom is 0.118 e. The van der Waals surface area contributed by atoms with E-state index in [2.05, 4.69) is 15.9 Å². The van der Waals surface area contributed by atoms with Crippen molar-refractivity contribution in [3.8, 4) is 5.75 Å². The van der Waals surface area contributed by atoms with Crippen LogP contribution in [-0.4, -0.2) is 7.11 Å². The van der Waals surface area contributed by atoms with Crippen LogP contribution in [0.4, 0.5) is 0 Å². The van der Waals surface area contributed by atoms with Crippen molar-refractivity contribution in [1.82, 2.24) is 0 Å². The average molecular weight is 292 g/mol. The third-order valence-electron chi connectivity index (χ3n) is 2.70. The molecule has 0 saturated heterocycles. The zero-order chi connectivity index (χ0) is 12.3. The predicted molar refractivity (Wildman–Crippen MR) is 73.2 cm³/mol. The molecule has 0 radical (unpaired) electrons. The quantitative estimate of drug-likeness (QED) is 0.939. The number of hydrogen-bond donors (Lipinski definition) is 1. The maximum absolute atomic E-state index is 6.20. The number of benzene rings is 2. The number of hydrogen-bond acceptors (Lipinski definition) is 2. The smallest absolute Gasteiger partial charge is 0.118 e. The monoisotopic (exact) mass is 291 g/mol. The Balaban J connectivity index is 2.23. The van der Waals surface area contributed by atoms with E-state index in [1.54, 1.807) is 7.11 Å². The van der Waals surface area contributed by atoms with Crippen molar-refractivity contribution < 1.29 is 4.74 Å². The van der Waals surface area contributed by atoms with Crippen molar-refractivity contribution >= 4 is 15.9 Å². The number of nitrogens with two attached hydrogens (primary N) is 1. The van der Waals surface area contributed by atoms with Crippen molar-refractivity contribution in [2.75, 3.05) is 7.11 Å². The van der Waals surface area contributed by atoms with Crippen LogP contribution in [-0.2, 0) is 0 Å². The van der Waals surface area contributed by atoms with Crippen molar-refractivity contribution in [3.05, 3.63) is 64.1 Å².